The van der Waals surface area contributed by atoms with Crippen molar-refractivity contribution in [3.63, 3.8) is 0 Å². The van der Waals surface area contributed by atoms with Gasteiger partial charge < -0.3 is 14.8 Å². The molecule has 2 amide bonds. The Kier molecular flexibility index (Phi) is 7.23. The van der Waals surface area contributed by atoms with Crippen LogP contribution in [0.5, 0.6) is 0 Å². The molecule has 162 valence electrons. The van der Waals surface area contributed by atoms with Crippen molar-refractivity contribution in [3.8, 4) is 0 Å². The largest absolute Gasteiger partial charge is 0.351 e. The lowest BCUT2D eigenvalue weighted by Gasteiger charge is -2.29. The molecule has 0 saturated carbocycles. The van der Waals surface area contributed by atoms with Gasteiger partial charge in [0, 0.05) is 44.8 Å². The lowest BCUT2D eigenvalue weighted by atomic mass is 10.0. The fourth-order valence-corrected chi connectivity index (χ4v) is 3.67. The van der Waals surface area contributed by atoms with Gasteiger partial charge in [0.1, 0.15) is 5.69 Å². The number of amides is 2. The smallest absolute Gasteiger partial charge is 0.267 e. The molecule has 3 rings (SSSR count). The van der Waals surface area contributed by atoms with Crippen molar-refractivity contribution in [1.82, 2.24) is 19.8 Å². The van der Waals surface area contributed by atoms with Gasteiger partial charge in [-0.05, 0) is 56.0 Å². The first-order chi connectivity index (χ1) is 14.9. The zero-order chi connectivity index (χ0) is 22.4. The molecule has 0 fully saturated rings. The third-order valence-electron chi connectivity index (χ3n) is 5.58. The van der Waals surface area contributed by atoms with Crippen LogP contribution >= 0.6 is 0 Å². The highest BCUT2D eigenvalue weighted by Gasteiger charge is 2.23. The number of rotatable bonds is 8. The molecule has 1 aromatic carbocycles. The van der Waals surface area contributed by atoms with Crippen LogP contribution in [0.15, 0.2) is 60.9 Å². The van der Waals surface area contributed by atoms with Gasteiger partial charge in [-0.15, -0.1) is 0 Å². The Morgan fingerprint density at radius 1 is 1.13 bits per heavy atom. The fourth-order valence-electron chi connectivity index (χ4n) is 3.67. The predicted molar refractivity (Wildman–Crippen MR) is 122 cm³/mol. The molecule has 0 unspecified atom stereocenters. The van der Waals surface area contributed by atoms with Gasteiger partial charge in [-0.25, -0.2) is 0 Å². The van der Waals surface area contributed by atoms with Crippen LogP contribution in [0.4, 0.5) is 0 Å². The van der Waals surface area contributed by atoms with Gasteiger partial charge in [0.15, 0.2) is 0 Å². The number of likely N-dealkylation sites (N-methyl/N-ethyl adjacent to an activating group) is 1. The third kappa shape index (κ3) is 5.60. The molecule has 0 spiro atoms. The Morgan fingerprint density at radius 2 is 1.87 bits per heavy atom. The van der Waals surface area contributed by atoms with Crippen molar-refractivity contribution in [1.29, 1.82) is 0 Å². The number of hydrogen-bond acceptors (Lipinski definition) is 3. The molecule has 6 nitrogen and oxygen atoms in total. The highest BCUT2D eigenvalue weighted by Crippen LogP contribution is 2.16. The van der Waals surface area contributed by atoms with E-state index < -0.39 is 0 Å². The van der Waals surface area contributed by atoms with E-state index in [1.165, 1.54) is 0 Å². The molecule has 0 aliphatic rings. The number of pyridine rings is 1. The number of benzene rings is 1. The quantitative estimate of drug-likeness (QED) is 0.608. The van der Waals surface area contributed by atoms with Crippen molar-refractivity contribution >= 4 is 11.8 Å². The van der Waals surface area contributed by atoms with E-state index in [2.05, 4.69) is 22.4 Å². The first-order valence-corrected chi connectivity index (χ1v) is 10.5. The highest BCUT2D eigenvalue weighted by molar-refractivity contribution is 5.95. The Hall–Kier alpha value is -3.41. The van der Waals surface area contributed by atoms with Gasteiger partial charge in [0.2, 0.25) is 0 Å². The number of aromatic nitrogens is 2. The van der Waals surface area contributed by atoms with Crippen LogP contribution in [-0.4, -0.2) is 45.9 Å². The lowest BCUT2D eigenvalue weighted by molar-refractivity contribution is 0.0721. The fraction of sp³-hybridized carbons (Fsp3) is 0.320. The maximum absolute atomic E-state index is 13.3. The molecule has 3 aromatic rings. The normalized spacial score (nSPS) is 11.7. The van der Waals surface area contributed by atoms with E-state index in [1.54, 1.807) is 21.7 Å². The van der Waals surface area contributed by atoms with Crippen molar-refractivity contribution in [2.45, 2.75) is 32.7 Å². The number of aryl methyl sites for hydroxylation is 3. The van der Waals surface area contributed by atoms with Gasteiger partial charge in [-0.1, -0.05) is 30.3 Å². The zero-order valence-corrected chi connectivity index (χ0v) is 18.6. The molecule has 1 atom stereocenters. The second-order valence-corrected chi connectivity index (χ2v) is 7.95. The Labute approximate surface area is 183 Å². The van der Waals surface area contributed by atoms with Crippen LogP contribution < -0.4 is 5.32 Å². The molecule has 2 aromatic heterocycles. The second kappa shape index (κ2) is 10.1. The molecular formula is C25H30N4O2. The van der Waals surface area contributed by atoms with Crippen LogP contribution in [0, 0.1) is 13.8 Å². The number of hydrogen-bond donors (Lipinski definition) is 1. The van der Waals surface area contributed by atoms with Crippen molar-refractivity contribution in [2.24, 2.45) is 7.05 Å². The van der Waals surface area contributed by atoms with E-state index in [1.807, 2.05) is 64.5 Å². The molecule has 0 radical (unpaired) electrons. The summed E-state index contributed by atoms with van der Waals surface area (Å²) in [5, 5.41) is 2.99. The number of carbonyl (C=O) groups is 2. The predicted octanol–water partition coefficient (Wildman–Crippen LogP) is 3.54. The summed E-state index contributed by atoms with van der Waals surface area (Å²) in [5.74, 6) is -0.165. The minimum Gasteiger partial charge on any atom is -0.351 e. The van der Waals surface area contributed by atoms with Gasteiger partial charge in [0.05, 0.1) is 5.56 Å². The maximum Gasteiger partial charge on any atom is 0.267 e. The summed E-state index contributed by atoms with van der Waals surface area (Å²) in [6, 6.07) is 15.6. The minimum atomic E-state index is -0.112. The average Bonchev–Trinajstić information content (AvgIpc) is 3.20. The number of nitrogens with zero attached hydrogens (tertiary/aromatic N) is 3. The number of nitrogens with one attached hydrogen (secondary N) is 1. The molecule has 0 aliphatic heterocycles. The second-order valence-electron chi connectivity index (χ2n) is 7.95. The van der Waals surface area contributed by atoms with Crippen LogP contribution in [0.3, 0.4) is 0 Å². The standard InChI is InChI=1S/C25H30N4O2/c1-18-15-22(19(2)27-17-18)25(31)29(4)21(16-20-9-6-5-7-10-20)12-13-26-24(30)23-11-8-14-28(23)3/h5-11,14-15,17,21H,12-13,16H2,1-4H3,(H,26,30)/t21-/m1/s1. The van der Waals surface area contributed by atoms with Gasteiger partial charge in [-0.3, -0.25) is 14.6 Å². The summed E-state index contributed by atoms with van der Waals surface area (Å²) in [6.07, 6.45) is 4.97. The molecule has 0 bridgehead atoms. The maximum atomic E-state index is 13.3. The zero-order valence-electron chi connectivity index (χ0n) is 18.6. The van der Waals surface area contributed by atoms with Gasteiger partial charge in [-0.2, -0.15) is 0 Å². The molecule has 0 aliphatic carbocycles. The van der Waals surface area contributed by atoms with E-state index >= 15 is 0 Å². The van der Waals surface area contributed by atoms with Gasteiger partial charge in [0.25, 0.3) is 11.8 Å². The third-order valence-corrected chi connectivity index (χ3v) is 5.58. The summed E-state index contributed by atoms with van der Waals surface area (Å²) in [7, 11) is 3.68. The molecule has 2 heterocycles. The summed E-state index contributed by atoms with van der Waals surface area (Å²) in [5.41, 5.74) is 4.06. The molecule has 6 heteroatoms. The van der Waals surface area contributed by atoms with Crippen molar-refractivity contribution in [2.75, 3.05) is 13.6 Å². The Bertz CT molecular complexity index is 1040. The monoisotopic (exact) mass is 418 g/mol. The average molecular weight is 419 g/mol. The summed E-state index contributed by atoms with van der Waals surface area (Å²) < 4.78 is 1.79. The molecule has 0 saturated heterocycles. The summed E-state index contributed by atoms with van der Waals surface area (Å²) in [4.78, 5) is 31.8. The Morgan fingerprint density at radius 3 is 2.55 bits per heavy atom. The highest BCUT2D eigenvalue weighted by atomic mass is 16.2. The van der Waals surface area contributed by atoms with Gasteiger partial charge >= 0.3 is 0 Å². The summed E-state index contributed by atoms with van der Waals surface area (Å²) >= 11 is 0. The van der Waals surface area contributed by atoms with Crippen LogP contribution in [0.25, 0.3) is 0 Å². The van der Waals surface area contributed by atoms with E-state index in [0.717, 1.165) is 16.8 Å². The Balaban J connectivity index is 1.73. The summed E-state index contributed by atoms with van der Waals surface area (Å²) in [6.45, 7) is 4.26. The van der Waals surface area contributed by atoms with Crippen molar-refractivity contribution in [3.05, 3.63) is 89.0 Å². The minimum absolute atomic E-state index is 0.0524. The van der Waals surface area contributed by atoms with E-state index in [9.17, 15) is 9.59 Å². The first kappa shape index (κ1) is 22.3. The first-order valence-electron chi connectivity index (χ1n) is 10.5. The molecular weight excluding hydrogens is 388 g/mol. The topological polar surface area (TPSA) is 67.2 Å². The van der Waals surface area contributed by atoms with Crippen LogP contribution in [-0.2, 0) is 13.5 Å². The molecule has 31 heavy (non-hydrogen) atoms. The van der Waals surface area contributed by atoms with Crippen LogP contribution in [0.2, 0.25) is 0 Å². The van der Waals surface area contributed by atoms with E-state index in [0.29, 0.717) is 30.6 Å². The number of carbonyl (C=O) groups excluding carboxylic acids is 2. The SMILES string of the molecule is Cc1cnc(C)c(C(=O)N(C)[C@H](CCNC(=O)c2cccn2C)Cc2ccccc2)c1. The van der Waals surface area contributed by atoms with E-state index in [4.69, 9.17) is 0 Å². The molecule has 1 N–H and O–H groups in total. The lowest BCUT2D eigenvalue weighted by Crippen LogP contribution is -2.41. The van der Waals surface area contributed by atoms with Crippen LogP contribution in [0.1, 0.15) is 44.1 Å². The van der Waals surface area contributed by atoms with Crippen molar-refractivity contribution < 1.29 is 9.59 Å². The van der Waals surface area contributed by atoms with E-state index in [-0.39, 0.29) is 17.9 Å².